The van der Waals surface area contributed by atoms with Crippen LogP contribution >= 0.6 is 0 Å². The molecule has 5 heterocycles. The first-order valence-corrected chi connectivity index (χ1v) is 9.88. The summed E-state index contributed by atoms with van der Waals surface area (Å²) < 4.78 is 7.18. The van der Waals surface area contributed by atoms with Crippen LogP contribution in [-0.2, 0) is 17.8 Å². The molecular weight excluding hydrogens is 370 g/mol. The molecule has 0 radical (unpaired) electrons. The predicted octanol–water partition coefficient (Wildman–Crippen LogP) is 1.87. The summed E-state index contributed by atoms with van der Waals surface area (Å²) in [4.78, 5) is 35.2. The van der Waals surface area contributed by atoms with E-state index in [9.17, 15) is 9.59 Å². The number of carbonyl (C=O) groups is 1. The van der Waals surface area contributed by atoms with Gasteiger partial charge in [0.15, 0.2) is 0 Å². The lowest BCUT2D eigenvalue weighted by Crippen LogP contribution is -2.49. The third-order valence-corrected chi connectivity index (χ3v) is 5.79. The molecule has 2 bridgehead atoms. The number of hydrogen-bond donors (Lipinski definition) is 0. The Bertz CT molecular complexity index is 1090. The van der Waals surface area contributed by atoms with Crippen LogP contribution in [0, 0.1) is 5.92 Å². The first-order valence-electron chi connectivity index (χ1n) is 9.88. The molecule has 2 unspecified atom stereocenters. The summed E-state index contributed by atoms with van der Waals surface area (Å²) in [5.74, 6) is 1.60. The molecule has 5 rings (SSSR count). The lowest BCUT2D eigenvalue weighted by Gasteiger charge is -2.42. The minimum absolute atomic E-state index is 0.0540. The molecule has 0 aliphatic carbocycles. The maximum atomic E-state index is 12.8. The molecule has 0 saturated carbocycles. The van der Waals surface area contributed by atoms with Crippen molar-refractivity contribution in [3.63, 3.8) is 0 Å². The summed E-state index contributed by atoms with van der Waals surface area (Å²) >= 11 is 0. The molecule has 2 aliphatic heterocycles. The Morgan fingerprint density at radius 3 is 2.86 bits per heavy atom. The molecule has 3 aromatic heterocycles. The van der Waals surface area contributed by atoms with E-state index in [0.29, 0.717) is 50.1 Å². The van der Waals surface area contributed by atoms with Crippen molar-refractivity contribution in [1.29, 1.82) is 0 Å². The standard InChI is InChI=1S/C21H21N5O3/c27-19(5-4-18-23-21(24-29-18)15-6-8-22-9-7-15)25-11-14-10-16(13-25)17-2-1-3-20(28)26(17)12-14/h1-3,6-9,14,16H,4-5,10-13H2. The molecule has 2 aliphatic rings. The number of nitrogens with zero attached hydrogens (tertiary/aromatic N) is 5. The average Bonchev–Trinajstić information content (AvgIpc) is 3.22. The second kappa shape index (κ2) is 7.27. The van der Waals surface area contributed by atoms with E-state index in [1.54, 1.807) is 18.5 Å². The van der Waals surface area contributed by atoms with Crippen LogP contribution in [0.2, 0.25) is 0 Å². The molecular formula is C21H21N5O3. The Morgan fingerprint density at radius 2 is 2.00 bits per heavy atom. The summed E-state index contributed by atoms with van der Waals surface area (Å²) in [6.45, 7) is 2.04. The van der Waals surface area contributed by atoms with Crippen molar-refractivity contribution in [2.45, 2.75) is 31.7 Å². The topological polar surface area (TPSA) is 94.1 Å². The highest BCUT2D eigenvalue weighted by Crippen LogP contribution is 2.35. The van der Waals surface area contributed by atoms with E-state index in [4.69, 9.17) is 4.52 Å². The Morgan fingerprint density at radius 1 is 1.14 bits per heavy atom. The lowest BCUT2D eigenvalue weighted by atomic mass is 9.83. The highest BCUT2D eigenvalue weighted by atomic mass is 16.5. The van der Waals surface area contributed by atoms with Crippen molar-refractivity contribution >= 4 is 5.91 Å². The summed E-state index contributed by atoms with van der Waals surface area (Å²) in [6, 6.07) is 9.06. The average molecular weight is 391 g/mol. The van der Waals surface area contributed by atoms with E-state index >= 15 is 0 Å². The number of aromatic nitrogens is 4. The van der Waals surface area contributed by atoms with Gasteiger partial charge < -0.3 is 14.0 Å². The molecule has 0 aromatic carbocycles. The maximum absolute atomic E-state index is 12.8. The van der Waals surface area contributed by atoms with Gasteiger partial charge in [0.2, 0.25) is 17.6 Å². The fourth-order valence-corrected chi connectivity index (χ4v) is 4.45. The van der Waals surface area contributed by atoms with E-state index in [1.165, 1.54) is 0 Å². The number of hydrogen-bond acceptors (Lipinski definition) is 6. The van der Waals surface area contributed by atoms with E-state index < -0.39 is 0 Å². The van der Waals surface area contributed by atoms with Gasteiger partial charge in [-0.3, -0.25) is 14.6 Å². The molecule has 8 heteroatoms. The number of fused-ring (bicyclic) bond motifs is 4. The number of pyridine rings is 2. The monoisotopic (exact) mass is 391 g/mol. The van der Waals surface area contributed by atoms with Crippen molar-refractivity contribution in [1.82, 2.24) is 24.6 Å². The second-order valence-corrected chi connectivity index (χ2v) is 7.74. The SMILES string of the molecule is O=C(CCc1nc(-c2ccncc2)no1)N1CC2CC(C1)c1cccc(=O)n1C2. The van der Waals surface area contributed by atoms with Crippen molar-refractivity contribution in [2.24, 2.45) is 5.92 Å². The fourth-order valence-electron chi connectivity index (χ4n) is 4.45. The molecule has 1 fully saturated rings. The first kappa shape index (κ1) is 17.8. The number of likely N-dealkylation sites (tertiary alicyclic amines) is 1. The van der Waals surface area contributed by atoms with E-state index in [1.807, 2.05) is 33.7 Å². The minimum Gasteiger partial charge on any atom is -0.342 e. The molecule has 2 atom stereocenters. The molecule has 1 amide bonds. The molecule has 3 aromatic rings. The van der Waals surface area contributed by atoms with Crippen LogP contribution in [0.5, 0.6) is 0 Å². The van der Waals surface area contributed by atoms with E-state index in [0.717, 1.165) is 17.7 Å². The predicted molar refractivity (Wildman–Crippen MR) is 104 cm³/mol. The van der Waals surface area contributed by atoms with E-state index in [2.05, 4.69) is 15.1 Å². The number of amides is 1. The van der Waals surface area contributed by atoms with Crippen LogP contribution in [-0.4, -0.2) is 43.6 Å². The normalized spacial score (nSPS) is 20.3. The largest absolute Gasteiger partial charge is 0.342 e. The zero-order valence-corrected chi connectivity index (χ0v) is 15.9. The zero-order chi connectivity index (χ0) is 19.8. The molecule has 1 saturated heterocycles. The molecule has 148 valence electrons. The van der Waals surface area contributed by atoms with Crippen molar-refractivity contribution < 1.29 is 9.32 Å². The smallest absolute Gasteiger partial charge is 0.250 e. The highest BCUT2D eigenvalue weighted by Gasteiger charge is 2.36. The number of carbonyl (C=O) groups excluding carboxylic acids is 1. The quantitative estimate of drug-likeness (QED) is 0.674. The van der Waals surface area contributed by atoms with Gasteiger partial charge in [-0.15, -0.1) is 0 Å². The van der Waals surface area contributed by atoms with Crippen molar-refractivity contribution in [3.8, 4) is 11.4 Å². The number of aryl methyl sites for hydroxylation is 1. The van der Waals surface area contributed by atoms with Crippen LogP contribution in [0.4, 0.5) is 0 Å². The summed E-state index contributed by atoms with van der Waals surface area (Å²) in [5.41, 5.74) is 1.93. The van der Waals surface area contributed by atoms with Gasteiger partial charge in [-0.25, -0.2) is 0 Å². The third kappa shape index (κ3) is 3.46. The van der Waals surface area contributed by atoms with Gasteiger partial charge in [-0.05, 0) is 30.5 Å². The van der Waals surface area contributed by atoms with Crippen LogP contribution in [0.1, 0.15) is 30.3 Å². The van der Waals surface area contributed by atoms with Gasteiger partial charge in [0, 0.05) is 68.1 Å². The Kier molecular flexibility index (Phi) is 4.46. The van der Waals surface area contributed by atoms with Gasteiger partial charge in [-0.2, -0.15) is 4.98 Å². The summed E-state index contributed by atoms with van der Waals surface area (Å²) in [7, 11) is 0. The molecule has 29 heavy (non-hydrogen) atoms. The van der Waals surface area contributed by atoms with Crippen LogP contribution < -0.4 is 5.56 Å². The summed E-state index contributed by atoms with van der Waals surface area (Å²) in [5, 5.41) is 3.99. The van der Waals surface area contributed by atoms with Crippen molar-refractivity contribution in [3.05, 3.63) is 64.7 Å². The van der Waals surface area contributed by atoms with Crippen LogP contribution in [0.15, 0.2) is 52.0 Å². The minimum atomic E-state index is 0.0540. The van der Waals surface area contributed by atoms with Gasteiger partial charge >= 0.3 is 0 Å². The summed E-state index contributed by atoms with van der Waals surface area (Å²) in [6.07, 6.45) is 5.13. The van der Waals surface area contributed by atoms with Gasteiger partial charge in [0.25, 0.3) is 5.56 Å². The first-order chi connectivity index (χ1) is 14.2. The van der Waals surface area contributed by atoms with Crippen LogP contribution in [0.3, 0.4) is 0 Å². The van der Waals surface area contributed by atoms with Crippen molar-refractivity contribution in [2.75, 3.05) is 13.1 Å². The van der Waals surface area contributed by atoms with Crippen LogP contribution in [0.25, 0.3) is 11.4 Å². The number of rotatable bonds is 4. The Labute approximate surface area is 167 Å². The molecule has 0 spiro atoms. The maximum Gasteiger partial charge on any atom is 0.250 e. The van der Waals surface area contributed by atoms with Gasteiger partial charge in [0.1, 0.15) is 0 Å². The van der Waals surface area contributed by atoms with Gasteiger partial charge in [0.05, 0.1) is 0 Å². The Hall–Kier alpha value is -3.29. The Balaban J connectivity index is 1.24. The fraction of sp³-hybridized carbons (Fsp3) is 0.381. The van der Waals surface area contributed by atoms with Gasteiger partial charge in [-0.1, -0.05) is 11.2 Å². The zero-order valence-electron chi connectivity index (χ0n) is 15.9. The second-order valence-electron chi connectivity index (χ2n) is 7.74. The third-order valence-electron chi connectivity index (χ3n) is 5.79. The number of piperidine rings is 1. The lowest BCUT2D eigenvalue weighted by molar-refractivity contribution is -0.134. The molecule has 8 nitrogen and oxygen atoms in total. The van der Waals surface area contributed by atoms with E-state index in [-0.39, 0.29) is 17.4 Å². The highest BCUT2D eigenvalue weighted by molar-refractivity contribution is 5.76. The molecule has 0 N–H and O–H groups in total.